The van der Waals surface area contributed by atoms with Crippen LogP contribution in [0.2, 0.25) is 0 Å². The first-order valence-electron chi connectivity index (χ1n) is 8.69. The third kappa shape index (κ3) is 2.32. The molecule has 2 N–H and O–H groups in total. The Morgan fingerprint density at radius 1 is 0.625 bits per heavy atom. The van der Waals surface area contributed by atoms with E-state index in [4.69, 9.17) is 0 Å². The molecule has 0 saturated heterocycles. The molecule has 0 aromatic heterocycles. The van der Waals surface area contributed by atoms with Crippen molar-refractivity contribution in [1.29, 1.82) is 21.0 Å². The summed E-state index contributed by atoms with van der Waals surface area (Å²) < 4.78 is 59.7. The van der Waals surface area contributed by atoms with Crippen LogP contribution >= 0.6 is 0 Å². The highest BCUT2D eigenvalue weighted by Crippen LogP contribution is 2.54. The Morgan fingerprint density at radius 3 is 1.56 bits per heavy atom. The van der Waals surface area contributed by atoms with E-state index >= 15 is 4.39 Å². The van der Waals surface area contributed by atoms with E-state index in [0.29, 0.717) is 0 Å². The van der Waals surface area contributed by atoms with Crippen molar-refractivity contribution >= 4 is 33.5 Å². The fraction of sp³-hybridized carbons (Fsp3) is 0.100. The Balaban J connectivity index is 2.21. The Morgan fingerprint density at radius 2 is 1.06 bits per heavy atom. The number of fused-ring (bicyclic) bond motifs is 5. The summed E-state index contributed by atoms with van der Waals surface area (Å²) in [6.45, 7) is 0. The minimum atomic E-state index is -1.70. The van der Waals surface area contributed by atoms with Gasteiger partial charge in [0.05, 0.1) is 16.8 Å². The van der Waals surface area contributed by atoms with Gasteiger partial charge in [-0.05, 0) is 0 Å². The summed E-state index contributed by atoms with van der Waals surface area (Å²) in [7, 11) is 2.58. The van der Waals surface area contributed by atoms with Crippen LogP contribution in [0.5, 0.6) is 0 Å². The van der Waals surface area contributed by atoms with Crippen LogP contribution < -0.4 is 20.4 Å². The summed E-state index contributed by atoms with van der Waals surface area (Å²) in [6, 6.07) is 6.48. The lowest BCUT2D eigenvalue weighted by Crippen LogP contribution is -2.17. The zero-order valence-corrected chi connectivity index (χ0v) is 16.2. The van der Waals surface area contributed by atoms with Crippen LogP contribution in [0.3, 0.4) is 0 Å². The largest absolute Gasteiger partial charge is 0.338 e. The van der Waals surface area contributed by atoms with Gasteiger partial charge < -0.3 is 20.4 Å². The van der Waals surface area contributed by atoms with Crippen molar-refractivity contribution in [2.75, 3.05) is 34.5 Å². The van der Waals surface area contributed by atoms with Gasteiger partial charge in [0.1, 0.15) is 47.3 Å². The van der Waals surface area contributed by atoms with Gasteiger partial charge in [0.2, 0.25) is 0 Å². The maximum absolute atomic E-state index is 15.0. The molecular weight excluding hydrogens is 428 g/mol. The molecule has 0 radical (unpaired) electrons. The number of rotatable bonds is 0. The van der Waals surface area contributed by atoms with E-state index in [1.807, 2.05) is 0 Å². The summed E-state index contributed by atoms with van der Waals surface area (Å²) in [4.78, 5) is 2.15. The highest BCUT2D eigenvalue weighted by Gasteiger charge is 2.39. The van der Waals surface area contributed by atoms with E-state index in [1.54, 1.807) is 24.3 Å². The normalized spacial score (nSPS) is 13.4. The molecular formula is C20H8F4N8. The molecule has 12 heteroatoms. The molecule has 0 aliphatic carbocycles. The maximum Gasteiger partial charge on any atom is 0.185 e. The monoisotopic (exact) mass is 436 g/mol. The molecule has 4 rings (SSSR count). The number of nitrogens with zero attached hydrogens (tertiary/aromatic N) is 6. The van der Waals surface area contributed by atoms with Gasteiger partial charge in [-0.15, -0.1) is 0 Å². The van der Waals surface area contributed by atoms with Gasteiger partial charge in [-0.25, -0.2) is 17.6 Å². The molecule has 0 unspecified atom stereocenters. The minimum absolute atomic E-state index is 0.176. The second-order valence-corrected chi connectivity index (χ2v) is 6.72. The zero-order valence-electron chi connectivity index (χ0n) is 16.2. The molecule has 0 fully saturated rings. The Kier molecular flexibility index (Phi) is 4.32. The average Bonchev–Trinajstić information content (AvgIpc) is 3.29. The van der Waals surface area contributed by atoms with E-state index in [1.165, 1.54) is 14.1 Å². The minimum Gasteiger partial charge on any atom is -0.338 e. The van der Waals surface area contributed by atoms with Crippen molar-refractivity contribution in [1.82, 2.24) is 0 Å². The van der Waals surface area contributed by atoms with Crippen molar-refractivity contribution in [3.8, 4) is 24.3 Å². The van der Waals surface area contributed by atoms with Crippen molar-refractivity contribution in [2.45, 2.75) is 0 Å². The summed E-state index contributed by atoms with van der Waals surface area (Å²) in [5, 5.41) is 40.5. The average molecular weight is 436 g/mol. The number of allylic oxidation sites excluding steroid dienone is 2. The molecule has 8 nitrogen and oxygen atoms in total. The Bertz CT molecular complexity index is 1460. The molecule has 2 aromatic carbocycles. The van der Waals surface area contributed by atoms with E-state index < -0.39 is 51.2 Å². The Hall–Kier alpha value is -4.94. The number of hydrogen-bond donors (Lipinski definition) is 2. The van der Waals surface area contributed by atoms with Crippen molar-refractivity contribution in [2.24, 2.45) is 0 Å². The lowest BCUT2D eigenvalue weighted by molar-refractivity contribution is 0.496. The van der Waals surface area contributed by atoms with E-state index in [2.05, 4.69) is 10.6 Å². The SMILES string of the molecule is CN1C(=C(C#N)C#N)Nc2c1c(F)c(F)c1c(F)c(F)c3c(c21)N(C)C(=C(C#N)C#N)N3. The molecule has 2 aliphatic rings. The van der Waals surface area contributed by atoms with E-state index in [-0.39, 0.29) is 28.4 Å². The molecule has 2 aromatic rings. The number of halogens is 4. The van der Waals surface area contributed by atoms with Crippen molar-refractivity contribution in [3.63, 3.8) is 0 Å². The molecule has 2 aliphatic heterocycles. The van der Waals surface area contributed by atoms with Crippen molar-refractivity contribution < 1.29 is 17.6 Å². The molecule has 0 amide bonds. The zero-order chi connectivity index (χ0) is 23.5. The number of hydrogen-bond acceptors (Lipinski definition) is 8. The van der Waals surface area contributed by atoms with Gasteiger partial charge in [-0.1, -0.05) is 0 Å². The molecule has 0 bridgehead atoms. The fourth-order valence-electron chi connectivity index (χ4n) is 3.80. The van der Waals surface area contributed by atoms with Crippen LogP contribution in [-0.4, -0.2) is 14.1 Å². The van der Waals surface area contributed by atoms with Crippen LogP contribution in [0.25, 0.3) is 10.8 Å². The van der Waals surface area contributed by atoms with Gasteiger partial charge in [0, 0.05) is 19.5 Å². The number of nitrogens with one attached hydrogen (secondary N) is 2. The predicted octanol–water partition coefficient (Wildman–Crippen LogP) is 3.64. The first-order chi connectivity index (χ1) is 15.2. The molecule has 32 heavy (non-hydrogen) atoms. The van der Waals surface area contributed by atoms with E-state index in [0.717, 1.165) is 9.80 Å². The topological polar surface area (TPSA) is 126 Å². The lowest BCUT2D eigenvalue weighted by atomic mass is 10.0. The van der Waals surface area contributed by atoms with Crippen LogP contribution in [0, 0.1) is 68.6 Å². The summed E-state index contributed by atoms with van der Waals surface area (Å²) >= 11 is 0. The smallest absolute Gasteiger partial charge is 0.185 e. The molecule has 2 heterocycles. The highest BCUT2D eigenvalue weighted by atomic mass is 19.2. The summed E-state index contributed by atoms with van der Waals surface area (Å²) in [5.74, 6) is -6.82. The van der Waals surface area contributed by atoms with Crippen LogP contribution in [-0.2, 0) is 0 Å². The van der Waals surface area contributed by atoms with Crippen molar-refractivity contribution in [3.05, 3.63) is 46.1 Å². The first-order valence-corrected chi connectivity index (χ1v) is 8.69. The van der Waals surface area contributed by atoms with Crippen LogP contribution in [0.4, 0.5) is 40.3 Å². The predicted molar refractivity (Wildman–Crippen MR) is 104 cm³/mol. The molecule has 0 atom stereocenters. The fourth-order valence-corrected chi connectivity index (χ4v) is 3.80. The Labute approximate surface area is 177 Å². The van der Waals surface area contributed by atoms with Gasteiger partial charge >= 0.3 is 0 Å². The number of benzene rings is 2. The van der Waals surface area contributed by atoms with Gasteiger partial charge in [0.25, 0.3) is 0 Å². The quantitative estimate of drug-likeness (QED) is 0.474. The third-order valence-electron chi connectivity index (χ3n) is 5.21. The van der Waals surface area contributed by atoms with Crippen LogP contribution in [0.15, 0.2) is 22.8 Å². The van der Waals surface area contributed by atoms with Crippen LogP contribution in [0.1, 0.15) is 0 Å². The third-order valence-corrected chi connectivity index (χ3v) is 5.21. The molecule has 156 valence electrons. The molecule has 0 spiro atoms. The summed E-state index contributed by atoms with van der Waals surface area (Å²) in [5.41, 5.74) is -2.25. The van der Waals surface area contributed by atoms with Gasteiger partial charge in [0.15, 0.2) is 34.4 Å². The lowest BCUT2D eigenvalue weighted by Gasteiger charge is -2.19. The van der Waals surface area contributed by atoms with E-state index in [9.17, 15) is 34.2 Å². The first kappa shape index (κ1) is 20.3. The second kappa shape index (κ2) is 6.80. The number of anilines is 4. The number of nitriles is 4. The molecule has 0 saturated carbocycles. The van der Waals surface area contributed by atoms with Gasteiger partial charge in [-0.3, -0.25) is 0 Å². The van der Waals surface area contributed by atoms with Gasteiger partial charge in [-0.2, -0.15) is 21.0 Å². The highest BCUT2D eigenvalue weighted by molar-refractivity contribution is 6.16. The maximum atomic E-state index is 15.0. The summed E-state index contributed by atoms with van der Waals surface area (Å²) in [6.07, 6.45) is 0. The standard InChI is InChI=1S/C20H8F4N8/c1-31-17-10-9(11(21)13(23)16(17)30-20(31)8(5-27)6-28)12(22)14(24)18-15(10)29-19(32(18)2)7(3-25)4-26/h29-30H,1-2H3. The second-order valence-electron chi connectivity index (χ2n) is 6.72.